The quantitative estimate of drug-likeness (QED) is 0.624. The standard InChI is InChI=1S/C24H27N3O3/c1-26-14-18-10-21-24(29-3,19-7-4-8-20(26)22(18)19)11-16(13-27(21)2)15-30-23(28)17-6-5-9-25-12-17/h4-9,12,14,16,21H,10-11,13,15H2,1-3H3/t16?,21-,24+/m1/s1. The summed E-state index contributed by atoms with van der Waals surface area (Å²) in [6.45, 7) is 1.24. The van der Waals surface area contributed by atoms with Gasteiger partial charge in [0.2, 0.25) is 0 Å². The molecule has 1 fully saturated rings. The molecule has 0 bridgehead atoms. The van der Waals surface area contributed by atoms with Crippen molar-refractivity contribution in [2.45, 2.75) is 24.5 Å². The molecular weight excluding hydrogens is 378 g/mol. The number of pyridine rings is 1. The van der Waals surface area contributed by atoms with Crippen LogP contribution >= 0.6 is 0 Å². The number of likely N-dealkylation sites (tertiary alicyclic amines) is 1. The molecule has 6 nitrogen and oxygen atoms in total. The van der Waals surface area contributed by atoms with E-state index in [-0.39, 0.29) is 17.9 Å². The highest BCUT2D eigenvalue weighted by atomic mass is 16.5. The average molecular weight is 405 g/mol. The third-order valence-electron chi connectivity index (χ3n) is 6.88. The molecule has 5 rings (SSSR count). The monoisotopic (exact) mass is 405 g/mol. The van der Waals surface area contributed by atoms with Crippen LogP contribution in [0.2, 0.25) is 0 Å². The number of piperidine rings is 1. The van der Waals surface area contributed by atoms with Gasteiger partial charge in [-0.05, 0) is 49.2 Å². The fourth-order valence-electron chi connectivity index (χ4n) is 5.59. The lowest BCUT2D eigenvalue weighted by Crippen LogP contribution is -2.59. The average Bonchev–Trinajstić information content (AvgIpc) is 3.10. The number of carbonyl (C=O) groups excluding carboxylic acids is 1. The molecule has 0 amide bonds. The minimum atomic E-state index is -0.410. The van der Waals surface area contributed by atoms with Crippen LogP contribution in [0, 0.1) is 5.92 Å². The van der Waals surface area contributed by atoms with Crippen molar-refractivity contribution in [3.8, 4) is 0 Å². The van der Waals surface area contributed by atoms with Crippen LogP contribution in [0.1, 0.15) is 27.9 Å². The van der Waals surface area contributed by atoms with Crippen LogP contribution in [0.15, 0.2) is 48.9 Å². The van der Waals surface area contributed by atoms with Crippen molar-refractivity contribution in [3.05, 3.63) is 65.6 Å². The fraction of sp³-hybridized carbons (Fsp3) is 0.417. The first-order valence-electron chi connectivity index (χ1n) is 10.4. The molecule has 0 radical (unpaired) electrons. The van der Waals surface area contributed by atoms with Crippen LogP contribution < -0.4 is 0 Å². The van der Waals surface area contributed by atoms with Gasteiger partial charge >= 0.3 is 5.97 Å². The SMILES string of the molecule is CO[C@]12CC(COC(=O)c3cccnc3)CN(C)[C@@H]1Cc1cn(C)c3cccc2c13. The van der Waals surface area contributed by atoms with Gasteiger partial charge in [0.05, 0.1) is 12.2 Å². The van der Waals surface area contributed by atoms with Crippen molar-refractivity contribution < 1.29 is 14.3 Å². The van der Waals surface area contributed by atoms with Crippen LogP contribution in [-0.2, 0) is 28.5 Å². The maximum absolute atomic E-state index is 12.4. The second kappa shape index (κ2) is 7.22. The van der Waals surface area contributed by atoms with Crippen molar-refractivity contribution in [3.63, 3.8) is 0 Å². The van der Waals surface area contributed by atoms with Gasteiger partial charge in [0.15, 0.2) is 0 Å². The van der Waals surface area contributed by atoms with E-state index in [1.807, 2.05) is 7.11 Å². The van der Waals surface area contributed by atoms with Gasteiger partial charge in [0.25, 0.3) is 0 Å². The molecular formula is C24H27N3O3. The first-order chi connectivity index (χ1) is 14.5. The predicted octanol–water partition coefficient (Wildman–Crippen LogP) is 3.15. The van der Waals surface area contributed by atoms with Gasteiger partial charge in [0, 0.05) is 62.2 Å². The van der Waals surface area contributed by atoms with Crippen molar-refractivity contribution in [2.24, 2.45) is 13.0 Å². The van der Waals surface area contributed by atoms with E-state index < -0.39 is 5.60 Å². The summed E-state index contributed by atoms with van der Waals surface area (Å²) >= 11 is 0. The molecule has 3 atom stereocenters. The molecule has 6 heteroatoms. The second-order valence-electron chi connectivity index (χ2n) is 8.63. The van der Waals surface area contributed by atoms with E-state index >= 15 is 0 Å². The highest BCUT2D eigenvalue weighted by Gasteiger charge is 2.51. The van der Waals surface area contributed by atoms with Gasteiger partial charge in [-0.3, -0.25) is 9.88 Å². The van der Waals surface area contributed by atoms with Crippen molar-refractivity contribution in [2.75, 3.05) is 27.3 Å². The Morgan fingerprint density at radius 2 is 2.13 bits per heavy atom. The van der Waals surface area contributed by atoms with Crippen LogP contribution in [-0.4, -0.2) is 53.8 Å². The minimum Gasteiger partial charge on any atom is -0.462 e. The maximum Gasteiger partial charge on any atom is 0.339 e. The number of esters is 1. The molecule has 2 aliphatic rings. The maximum atomic E-state index is 12.4. The Morgan fingerprint density at radius 3 is 2.90 bits per heavy atom. The molecule has 1 unspecified atom stereocenters. The highest BCUT2D eigenvalue weighted by molar-refractivity contribution is 5.90. The Bertz CT molecular complexity index is 1090. The first kappa shape index (κ1) is 19.3. The summed E-state index contributed by atoms with van der Waals surface area (Å²) in [5.41, 5.74) is 3.95. The lowest BCUT2D eigenvalue weighted by molar-refractivity contribution is -0.131. The molecule has 0 spiro atoms. The molecule has 0 N–H and O–H groups in total. The predicted molar refractivity (Wildman–Crippen MR) is 114 cm³/mol. The summed E-state index contributed by atoms with van der Waals surface area (Å²) in [7, 11) is 6.08. The number of nitrogens with zero attached hydrogens (tertiary/aromatic N) is 3. The van der Waals surface area contributed by atoms with Crippen LogP contribution in [0.5, 0.6) is 0 Å². The van der Waals surface area contributed by atoms with Crippen molar-refractivity contribution in [1.82, 2.24) is 14.5 Å². The zero-order valence-corrected chi connectivity index (χ0v) is 17.7. The summed E-state index contributed by atoms with van der Waals surface area (Å²) in [6, 6.07) is 10.2. The van der Waals surface area contributed by atoms with Gasteiger partial charge in [-0.15, -0.1) is 0 Å². The summed E-state index contributed by atoms with van der Waals surface area (Å²) in [4.78, 5) is 18.8. The molecule has 0 saturated carbocycles. The number of methoxy groups -OCH3 is 1. The molecule has 1 saturated heterocycles. The van der Waals surface area contributed by atoms with E-state index in [9.17, 15) is 4.79 Å². The summed E-state index contributed by atoms with van der Waals surface area (Å²) < 4.78 is 14.2. The molecule has 1 aliphatic heterocycles. The zero-order chi connectivity index (χ0) is 20.9. The molecule has 1 aromatic carbocycles. The third-order valence-corrected chi connectivity index (χ3v) is 6.88. The largest absolute Gasteiger partial charge is 0.462 e. The number of fused-ring (bicyclic) bond motifs is 2. The summed E-state index contributed by atoms with van der Waals surface area (Å²) in [6.07, 6.45) is 7.23. The molecule has 1 aliphatic carbocycles. The number of hydrogen-bond acceptors (Lipinski definition) is 5. The number of rotatable bonds is 4. The zero-order valence-electron chi connectivity index (χ0n) is 17.7. The Morgan fingerprint density at radius 1 is 1.27 bits per heavy atom. The third kappa shape index (κ3) is 2.86. The van der Waals surface area contributed by atoms with Crippen LogP contribution in [0.25, 0.3) is 10.9 Å². The van der Waals surface area contributed by atoms with E-state index in [1.165, 1.54) is 22.0 Å². The van der Waals surface area contributed by atoms with Crippen LogP contribution in [0.4, 0.5) is 0 Å². The normalized spacial score (nSPS) is 25.8. The number of aromatic nitrogens is 2. The van der Waals surface area contributed by atoms with E-state index in [0.717, 1.165) is 19.4 Å². The van der Waals surface area contributed by atoms with E-state index in [1.54, 1.807) is 24.5 Å². The van der Waals surface area contributed by atoms with Gasteiger partial charge in [-0.1, -0.05) is 12.1 Å². The number of benzene rings is 1. The van der Waals surface area contributed by atoms with Gasteiger partial charge in [-0.2, -0.15) is 0 Å². The molecule has 156 valence electrons. The number of ether oxygens (including phenoxy) is 2. The first-order valence-corrected chi connectivity index (χ1v) is 10.4. The summed E-state index contributed by atoms with van der Waals surface area (Å²) in [5, 5.41) is 1.32. The fourth-order valence-corrected chi connectivity index (χ4v) is 5.59. The van der Waals surface area contributed by atoms with E-state index in [2.05, 4.69) is 52.9 Å². The molecule has 3 heterocycles. The lowest BCUT2D eigenvalue weighted by Gasteiger charge is -2.53. The molecule has 2 aromatic heterocycles. The molecule has 3 aromatic rings. The Labute approximate surface area is 176 Å². The topological polar surface area (TPSA) is 56.6 Å². The van der Waals surface area contributed by atoms with Crippen molar-refractivity contribution >= 4 is 16.9 Å². The Balaban J connectivity index is 1.45. The number of hydrogen-bond donors (Lipinski definition) is 0. The Kier molecular flexibility index (Phi) is 4.64. The van der Waals surface area contributed by atoms with Gasteiger partial charge < -0.3 is 14.0 Å². The van der Waals surface area contributed by atoms with Crippen molar-refractivity contribution in [1.29, 1.82) is 0 Å². The molecule has 30 heavy (non-hydrogen) atoms. The number of aryl methyl sites for hydroxylation is 1. The summed E-state index contributed by atoms with van der Waals surface area (Å²) in [5.74, 6) is -0.136. The van der Waals surface area contributed by atoms with Gasteiger partial charge in [0.1, 0.15) is 5.60 Å². The lowest BCUT2D eigenvalue weighted by atomic mass is 9.69. The van der Waals surface area contributed by atoms with Gasteiger partial charge in [-0.25, -0.2) is 4.79 Å². The minimum absolute atomic E-state index is 0.187. The second-order valence-corrected chi connectivity index (χ2v) is 8.63. The number of likely N-dealkylation sites (N-methyl/N-ethyl adjacent to an activating group) is 1. The Hall–Kier alpha value is -2.70. The van der Waals surface area contributed by atoms with E-state index in [0.29, 0.717) is 12.2 Å². The van der Waals surface area contributed by atoms with E-state index in [4.69, 9.17) is 9.47 Å². The highest BCUT2D eigenvalue weighted by Crippen LogP contribution is 2.49. The number of carbonyl (C=O) groups is 1. The smallest absolute Gasteiger partial charge is 0.339 e. The van der Waals surface area contributed by atoms with Crippen LogP contribution in [0.3, 0.4) is 0 Å².